The summed E-state index contributed by atoms with van der Waals surface area (Å²) < 4.78 is 25.0. The fourth-order valence-corrected chi connectivity index (χ4v) is 3.83. The molecule has 0 saturated carbocycles. The molecule has 0 spiro atoms. The van der Waals surface area contributed by atoms with Crippen molar-refractivity contribution in [2.75, 3.05) is 5.32 Å². The van der Waals surface area contributed by atoms with Crippen LogP contribution in [-0.2, 0) is 10.0 Å². The highest BCUT2D eigenvalue weighted by molar-refractivity contribution is 7.89. The SMILES string of the molecule is O=C(Nc1ccc(/C=N/NS(=O)(=O)c2ccc3ccccc3c2)cc1)c1ccccc1. The number of carbonyl (C=O) groups excluding carboxylic acids is 1. The number of hydrogen-bond donors (Lipinski definition) is 2. The summed E-state index contributed by atoms with van der Waals surface area (Å²) in [7, 11) is -3.78. The Balaban J connectivity index is 1.40. The Kier molecular flexibility index (Phi) is 5.77. The summed E-state index contributed by atoms with van der Waals surface area (Å²) in [5.74, 6) is -0.204. The van der Waals surface area contributed by atoms with Crippen molar-refractivity contribution in [1.82, 2.24) is 4.83 Å². The zero-order valence-corrected chi connectivity index (χ0v) is 17.2. The second kappa shape index (κ2) is 8.81. The molecule has 0 fully saturated rings. The first-order chi connectivity index (χ1) is 15.0. The Morgan fingerprint density at radius 2 is 1.45 bits per heavy atom. The molecule has 0 aliphatic rings. The van der Waals surface area contributed by atoms with Crippen LogP contribution in [0.1, 0.15) is 15.9 Å². The van der Waals surface area contributed by atoms with Gasteiger partial charge in [0.15, 0.2) is 0 Å². The van der Waals surface area contributed by atoms with Crippen molar-refractivity contribution in [1.29, 1.82) is 0 Å². The first-order valence-electron chi connectivity index (χ1n) is 9.51. The van der Waals surface area contributed by atoms with Gasteiger partial charge in [-0.15, -0.1) is 0 Å². The topological polar surface area (TPSA) is 87.6 Å². The Morgan fingerprint density at radius 1 is 0.774 bits per heavy atom. The molecule has 4 aromatic rings. The molecule has 0 aromatic heterocycles. The summed E-state index contributed by atoms with van der Waals surface area (Å²) in [6.45, 7) is 0. The molecule has 0 radical (unpaired) electrons. The maximum Gasteiger partial charge on any atom is 0.276 e. The molecule has 0 heterocycles. The Morgan fingerprint density at radius 3 is 2.19 bits per heavy atom. The molecule has 0 atom stereocenters. The summed E-state index contributed by atoms with van der Waals surface area (Å²) in [6.07, 6.45) is 1.40. The van der Waals surface area contributed by atoms with Crippen LogP contribution in [0, 0.1) is 0 Å². The molecular weight excluding hydrogens is 410 g/mol. The molecule has 0 aliphatic heterocycles. The number of sulfonamides is 1. The molecule has 0 saturated heterocycles. The zero-order chi connectivity index (χ0) is 21.7. The van der Waals surface area contributed by atoms with Gasteiger partial charge in [-0.2, -0.15) is 13.5 Å². The number of benzene rings is 4. The molecule has 7 heteroatoms. The van der Waals surface area contributed by atoms with Gasteiger partial charge in [0.25, 0.3) is 15.9 Å². The number of carbonyl (C=O) groups is 1. The fraction of sp³-hybridized carbons (Fsp3) is 0. The van der Waals surface area contributed by atoms with Crippen molar-refractivity contribution < 1.29 is 13.2 Å². The van der Waals surface area contributed by atoms with Crippen molar-refractivity contribution in [2.24, 2.45) is 5.10 Å². The Bertz CT molecular complexity index is 1350. The Hall–Kier alpha value is -3.97. The number of hydrazone groups is 1. The quantitative estimate of drug-likeness (QED) is 0.352. The highest BCUT2D eigenvalue weighted by atomic mass is 32.2. The molecule has 4 aromatic carbocycles. The van der Waals surface area contributed by atoms with E-state index in [1.807, 2.05) is 30.3 Å². The van der Waals surface area contributed by atoms with Crippen LogP contribution in [0.15, 0.2) is 107 Å². The lowest BCUT2D eigenvalue weighted by Gasteiger charge is -2.06. The van der Waals surface area contributed by atoms with E-state index in [2.05, 4.69) is 15.2 Å². The predicted octanol–water partition coefficient (Wildman–Crippen LogP) is 4.40. The van der Waals surface area contributed by atoms with Gasteiger partial charge in [0, 0.05) is 11.3 Å². The van der Waals surface area contributed by atoms with Crippen LogP contribution in [0.5, 0.6) is 0 Å². The predicted molar refractivity (Wildman–Crippen MR) is 123 cm³/mol. The first-order valence-corrected chi connectivity index (χ1v) is 11.0. The minimum atomic E-state index is -3.78. The standard InChI is InChI=1S/C24H19N3O3S/c28-24(20-7-2-1-3-8-20)26-22-13-10-18(11-14-22)17-25-27-31(29,30)23-15-12-19-6-4-5-9-21(19)16-23/h1-17,27H,(H,26,28)/b25-17+. The van der Waals surface area contributed by atoms with Crippen molar-refractivity contribution in [3.63, 3.8) is 0 Å². The van der Waals surface area contributed by atoms with E-state index in [0.29, 0.717) is 16.8 Å². The van der Waals surface area contributed by atoms with E-state index in [9.17, 15) is 13.2 Å². The summed E-state index contributed by atoms with van der Waals surface area (Å²) in [5.41, 5.74) is 1.87. The average Bonchev–Trinajstić information content (AvgIpc) is 2.80. The zero-order valence-electron chi connectivity index (χ0n) is 16.4. The van der Waals surface area contributed by atoms with Crippen LogP contribution in [0.2, 0.25) is 0 Å². The second-order valence-electron chi connectivity index (χ2n) is 6.80. The molecule has 4 rings (SSSR count). The van der Waals surface area contributed by atoms with Crippen LogP contribution in [-0.4, -0.2) is 20.5 Å². The minimum Gasteiger partial charge on any atom is -0.322 e. The van der Waals surface area contributed by atoms with E-state index in [1.165, 1.54) is 6.21 Å². The molecule has 0 bridgehead atoms. The second-order valence-corrected chi connectivity index (χ2v) is 8.46. The summed E-state index contributed by atoms with van der Waals surface area (Å²) in [4.78, 5) is 14.6. The van der Waals surface area contributed by atoms with Crippen LogP contribution in [0.3, 0.4) is 0 Å². The maximum atomic E-state index is 12.5. The van der Waals surface area contributed by atoms with E-state index in [0.717, 1.165) is 10.8 Å². The van der Waals surface area contributed by atoms with E-state index < -0.39 is 10.0 Å². The van der Waals surface area contributed by atoms with E-state index in [4.69, 9.17) is 0 Å². The average molecular weight is 430 g/mol. The molecule has 0 unspecified atom stereocenters. The molecular formula is C24H19N3O3S. The van der Waals surface area contributed by atoms with Gasteiger partial charge in [-0.05, 0) is 52.7 Å². The maximum absolute atomic E-state index is 12.5. The lowest BCUT2D eigenvalue weighted by Crippen LogP contribution is -2.18. The highest BCUT2D eigenvalue weighted by Crippen LogP contribution is 2.18. The van der Waals surface area contributed by atoms with Gasteiger partial charge in [0.2, 0.25) is 0 Å². The highest BCUT2D eigenvalue weighted by Gasteiger charge is 2.13. The van der Waals surface area contributed by atoms with Gasteiger partial charge in [-0.3, -0.25) is 4.79 Å². The largest absolute Gasteiger partial charge is 0.322 e. The lowest BCUT2D eigenvalue weighted by atomic mass is 10.1. The van der Waals surface area contributed by atoms with Crippen LogP contribution in [0.4, 0.5) is 5.69 Å². The summed E-state index contributed by atoms with van der Waals surface area (Å²) in [6, 6.07) is 28.3. The van der Waals surface area contributed by atoms with Gasteiger partial charge >= 0.3 is 0 Å². The van der Waals surface area contributed by atoms with E-state index in [-0.39, 0.29) is 10.8 Å². The van der Waals surface area contributed by atoms with Crippen molar-refractivity contribution in [3.05, 3.63) is 108 Å². The number of amides is 1. The van der Waals surface area contributed by atoms with Gasteiger partial charge in [0.1, 0.15) is 0 Å². The number of anilines is 1. The van der Waals surface area contributed by atoms with Crippen LogP contribution in [0.25, 0.3) is 10.8 Å². The van der Waals surface area contributed by atoms with E-state index >= 15 is 0 Å². The van der Waals surface area contributed by atoms with Crippen molar-refractivity contribution in [3.8, 4) is 0 Å². The third-order valence-electron chi connectivity index (χ3n) is 4.62. The van der Waals surface area contributed by atoms with E-state index in [1.54, 1.807) is 66.7 Å². The van der Waals surface area contributed by atoms with Crippen LogP contribution < -0.4 is 10.1 Å². The molecule has 154 valence electrons. The van der Waals surface area contributed by atoms with Gasteiger partial charge in [-0.25, -0.2) is 4.83 Å². The monoisotopic (exact) mass is 429 g/mol. The van der Waals surface area contributed by atoms with Crippen molar-refractivity contribution >= 4 is 38.6 Å². The molecule has 2 N–H and O–H groups in total. The number of rotatable bonds is 6. The number of nitrogens with one attached hydrogen (secondary N) is 2. The van der Waals surface area contributed by atoms with Crippen molar-refractivity contribution in [2.45, 2.75) is 4.90 Å². The lowest BCUT2D eigenvalue weighted by molar-refractivity contribution is 0.102. The fourth-order valence-electron chi connectivity index (χ4n) is 3.00. The first kappa shape index (κ1) is 20.3. The minimum absolute atomic E-state index is 0.141. The summed E-state index contributed by atoms with van der Waals surface area (Å²) in [5, 5.41) is 8.46. The normalized spacial score (nSPS) is 11.5. The third kappa shape index (κ3) is 4.96. The number of fused-ring (bicyclic) bond motifs is 1. The third-order valence-corrected chi connectivity index (χ3v) is 5.84. The number of hydrogen-bond acceptors (Lipinski definition) is 4. The molecule has 1 amide bonds. The summed E-state index contributed by atoms with van der Waals surface area (Å²) >= 11 is 0. The molecule has 31 heavy (non-hydrogen) atoms. The van der Waals surface area contributed by atoms with Crippen LogP contribution >= 0.6 is 0 Å². The molecule has 0 aliphatic carbocycles. The van der Waals surface area contributed by atoms with Gasteiger partial charge < -0.3 is 5.32 Å². The number of nitrogens with zero attached hydrogens (tertiary/aromatic N) is 1. The van der Waals surface area contributed by atoms with Gasteiger partial charge in [-0.1, -0.05) is 60.7 Å². The van der Waals surface area contributed by atoms with Gasteiger partial charge in [0.05, 0.1) is 11.1 Å². The Labute approximate surface area is 180 Å². The smallest absolute Gasteiger partial charge is 0.276 e. The molecule has 6 nitrogen and oxygen atoms in total.